The maximum Gasteiger partial charge on any atom is 0.191 e. The molecule has 0 radical (unpaired) electrons. The summed E-state index contributed by atoms with van der Waals surface area (Å²) >= 11 is 5.84. The van der Waals surface area contributed by atoms with Crippen LogP contribution in [0.15, 0.2) is 23.0 Å². The van der Waals surface area contributed by atoms with Gasteiger partial charge in [-0.25, -0.2) is 4.39 Å². The van der Waals surface area contributed by atoms with Gasteiger partial charge in [-0.1, -0.05) is 25.4 Å². The fraction of sp³-hybridized carbons (Fsp3) is 0.250. The molecule has 0 aliphatic heterocycles. The normalized spacial score (nSPS) is 11.3. The summed E-state index contributed by atoms with van der Waals surface area (Å²) in [6.07, 6.45) is 0. The van der Waals surface area contributed by atoms with Crippen molar-refractivity contribution in [2.24, 2.45) is 0 Å². The second-order valence-electron chi connectivity index (χ2n) is 4.05. The van der Waals surface area contributed by atoms with Gasteiger partial charge in [-0.15, -0.1) is 0 Å². The highest BCUT2D eigenvalue weighted by molar-refractivity contribution is 6.35. The summed E-state index contributed by atoms with van der Waals surface area (Å²) < 4.78 is 13.2. The van der Waals surface area contributed by atoms with E-state index in [0.717, 1.165) is 11.8 Å². The third kappa shape index (κ3) is 1.83. The molecule has 0 saturated heterocycles. The number of rotatable bonds is 1. The van der Waals surface area contributed by atoms with Crippen molar-refractivity contribution in [1.82, 2.24) is 4.98 Å². The SMILES string of the molecule is CC(C)c1cc(=O)c2c(Cl)cc(F)cc2[nH]1. The van der Waals surface area contributed by atoms with Crippen LogP contribution in [0.5, 0.6) is 0 Å². The van der Waals surface area contributed by atoms with Crippen LogP contribution in [0.3, 0.4) is 0 Å². The molecule has 1 aromatic heterocycles. The lowest BCUT2D eigenvalue weighted by molar-refractivity contribution is 0.629. The zero-order valence-electron chi connectivity index (χ0n) is 8.97. The largest absolute Gasteiger partial charge is 0.358 e. The molecule has 0 aliphatic rings. The first-order valence-electron chi connectivity index (χ1n) is 5.01. The monoisotopic (exact) mass is 239 g/mol. The summed E-state index contributed by atoms with van der Waals surface area (Å²) in [5.41, 5.74) is 1.04. The minimum Gasteiger partial charge on any atom is -0.358 e. The summed E-state index contributed by atoms with van der Waals surface area (Å²) in [5, 5.41) is 0.485. The Bertz CT molecular complexity index is 604. The maximum absolute atomic E-state index is 13.2. The number of benzene rings is 1. The molecule has 4 heteroatoms. The van der Waals surface area contributed by atoms with Gasteiger partial charge in [0.15, 0.2) is 5.43 Å². The first-order chi connectivity index (χ1) is 7.49. The van der Waals surface area contributed by atoms with Crippen LogP contribution in [0, 0.1) is 5.82 Å². The first-order valence-corrected chi connectivity index (χ1v) is 5.39. The number of nitrogens with one attached hydrogen (secondary N) is 1. The van der Waals surface area contributed by atoms with E-state index in [2.05, 4.69) is 4.98 Å². The second kappa shape index (κ2) is 3.91. The van der Waals surface area contributed by atoms with Crippen molar-refractivity contribution in [1.29, 1.82) is 0 Å². The minimum atomic E-state index is -0.450. The van der Waals surface area contributed by atoms with Crippen LogP contribution < -0.4 is 5.43 Å². The number of fused-ring (bicyclic) bond motifs is 1. The Morgan fingerprint density at radius 3 is 2.62 bits per heavy atom. The quantitative estimate of drug-likeness (QED) is 0.812. The van der Waals surface area contributed by atoms with Gasteiger partial charge in [0.25, 0.3) is 0 Å². The molecule has 0 spiro atoms. The molecular weight excluding hydrogens is 229 g/mol. The van der Waals surface area contributed by atoms with Gasteiger partial charge < -0.3 is 4.98 Å². The molecule has 2 aromatic rings. The van der Waals surface area contributed by atoms with Crippen molar-refractivity contribution >= 4 is 22.5 Å². The van der Waals surface area contributed by atoms with Crippen molar-refractivity contribution < 1.29 is 4.39 Å². The van der Waals surface area contributed by atoms with Gasteiger partial charge in [-0.05, 0) is 18.1 Å². The molecule has 0 unspecified atom stereocenters. The Morgan fingerprint density at radius 2 is 2.00 bits per heavy atom. The van der Waals surface area contributed by atoms with E-state index >= 15 is 0 Å². The Hall–Kier alpha value is -1.35. The average Bonchev–Trinajstić information content (AvgIpc) is 2.15. The zero-order chi connectivity index (χ0) is 11.9. The molecule has 0 saturated carbocycles. The molecule has 1 heterocycles. The Kier molecular flexibility index (Phi) is 2.72. The van der Waals surface area contributed by atoms with Gasteiger partial charge in [0.2, 0.25) is 0 Å². The van der Waals surface area contributed by atoms with Gasteiger partial charge >= 0.3 is 0 Å². The van der Waals surface area contributed by atoms with Crippen LogP contribution in [0.4, 0.5) is 4.39 Å². The summed E-state index contributed by atoms with van der Waals surface area (Å²) in [4.78, 5) is 14.8. The topological polar surface area (TPSA) is 32.9 Å². The summed E-state index contributed by atoms with van der Waals surface area (Å²) in [6.45, 7) is 3.91. The fourth-order valence-corrected chi connectivity index (χ4v) is 1.94. The van der Waals surface area contributed by atoms with Crippen LogP contribution in [0.2, 0.25) is 5.02 Å². The zero-order valence-corrected chi connectivity index (χ0v) is 9.73. The number of hydrogen-bond acceptors (Lipinski definition) is 1. The minimum absolute atomic E-state index is 0.145. The third-order valence-electron chi connectivity index (χ3n) is 2.49. The molecule has 0 amide bonds. The van der Waals surface area contributed by atoms with Crippen molar-refractivity contribution in [2.75, 3.05) is 0 Å². The number of pyridine rings is 1. The lowest BCUT2D eigenvalue weighted by Crippen LogP contribution is -2.07. The molecule has 0 atom stereocenters. The molecule has 16 heavy (non-hydrogen) atoms. The van der Waals surface area contributed by atoms with E-state index in [4.69, 9.17) is 11.6 Å². The van der Waals surface area contributed by atoms with E-state index in [0.29, 0.717) is 10.9 Å². The van der Waals surface area contributed by atoms with Crippen molar-refractivity contribution in [2.45, 2.75) is 19.8 Å². The smallest absolute Gasteiger partial charge is 0.191 e. The highest BCUT2D eigenvalue weighted by Gasteiger charge is 2.09. The van der Waals surface area contributed by atoms with Crippen molar-refractivity contribution in [3.05, 3.63) is 45.0 Å². The molecule has 2 rings (SSSR count). The molecule has 0 aliphatic carbocycles. The molecule has 0 fully saturated rings. The molecule has 84 valence electrons. The van der Waals surface area contributed by atoms with Gasteiger partial charge in [0, 0.05) is 11.8 Å². The van der Waals surface area contributed by atoms with Crippen molar-refractivity contribution in [3.63, 3.8) is 0 Å². The number of aromatic amines is 1. The third-order valence-corrected chi connectivity index (χ3v) is 2.79. The van der Waals surface area contributed by atoms with E-state index < -0.39 is 5.82 Å². The van der Waals surface area contributed by atoms with E-state index in [1.165, 1.54) is 12.1 Å². The van der Waals surface area contributed by atoms with Crippen LogP contribution in [0.1, 0.15) is 25.5 Å². The molecule has 1 N–H and O–H groups in total. The molecular formula is C12H11ClFNO. The van der Waals surface area contributed by atoms with Crippen LogP contribution >= 0.6 is 11.6 Å². The van der Waals surface area contributed by atoms with E-state index in [9.17, 15) is 9.18 Å². The van der Waals surface area contributed by atoms with Gasteiger partial charge in [-0.2, -0.15) is 0 Å². The van der Waals surface area contributed by atoms with Crippen molar-refractivity contribution in [3.8, 4) is 0 Å². The lowest BCUT2D eigenvalue weighted by Gasteiger charge is -2.08. The maximum atomic E-state index is 13.2. The van der Waals surface area contributed by atoms with E-state index in [1.807, 2.05) is 13.8 Å². The highest BCUT2D eigenvalue weighted by Crippen LogP contribution is 2.22. The van der Waals surface area contributed by atoms with Crippen LogP contribution in [-0.2, 0) is 0 Å². The number of halogens is 2. The number of H-pyrrole nitrogens is 1. The Balaban J connectivity index is 2.87. The Labute approximate surface area is 97.1 Å². The predicted molar refractivity (Wildman–Crippen MR) is 63.6 cm³/mol. The van der Waals surface area contributed by atoms with Crippen LogP contribution in [-0.4, -0.2) is 4.98 Å². The van der Waals surface area contributed by atoms with Gasteiger partial charge in [-0.3, -0.25) is 4.79 Å². The number of hydrogen-bond donors (Lipinski definition) is 1. The summed E-state index contributed by atoms with van der Waals surface area (Å²) in [7, 11) is 0. The molecule has 2 nitrogen and oxygen atoms in total. The first kappa shape index (κ1) is 11.1. The average molecular weight is 240 g/mol. The summed E-state index contributed by atoms with van der Waals surface area (Å²) in [5.74, 6) is -0.270. The molecule has 1 aromatic carbocycles. The highest BCUT2D eigenvalue weighted by atomic mass is 35.5. The Morgan fingerprint density at radius 1 is 1.31 bits per heavy atom. The van der Waals surface area contributed by atoms with Gasteiger partial charge in [0.05, 0.1) is 15.9 Å². The van der Waals surface area contributed by atoms with Crippen LogP contribution in [0.25, 0.3) is 10.9 Å². The van der Waals surface area contributed by atoms with Gasteiger partial charge in [0.1, 0.15) is 5.82 Å². The summed E-state index contributed by atoms with van der Waals surface area (Å²) in [6, 6.07) is 3.94. The molecule has 0 bridgehead atoms. The van der Waals surface area contributed by atoms with E-state index in [-0.39, 0.29) is 16.4 Å². The predicted octanol–water partition coefficient (Wildman–Crippen LogP) is 3.44. The van der Waals surface area contributed by atoms with E-state index in [1.54, 1.807) is 0 Å². The fourth-order valence-electron chi connectivity index (χ4n) is 1.64. The second-order valence-corrected chi connectivity index (χ2v) is 4.46. The lowest BCUT2D eigenvalue weighted by atomic mass is 10.1. The standard InChI is InChI=1S/C12H11ClFNO/c1-6(2)9-5-11(16)12-8(13)3-7(14)4-10(12)15-9/h3-6H,1-2H3,(H,15,16). The number of aromatic nitrogens is 1.